The van der Waals surface area contributed by atoms with E-state index in [0.717, 1.165) is 22.2 Å². The maximum Gasteiger partial charge on any atom is 0.108 e. The van der Waals surface area contributed by atoms with Crippen LogP contribution >= 0.6 is 11.6 Å². The monoisotopic (exact) mass is 363 g/mol. The van der Waals surface area contributed by atoms with Crippen molar-refractivity contribution in [3.05, 3.63) is 70.9 Å². The van der Waals surface area contributed by atoms with Gasteiger partial charge in [0.1, 0.15) is 11.7 Å². The molecule has 4 nitrogen and oxygen atoms in total. The first kappa shape index (κ1) is 16.8. The number of fused-ring (bicyclic) bond motifs is 1. The number of nitriles is 1. The van der Waals surface area contributed by atoms with Crippen LogP contribution in [0.1, 0.15) is 18.1 Å². The zero-order valence-corrected chi connectivity index (χ0v) is 15.2. The molecule has 1 atom stereocenters. The lowest BCUT2D eigenvalue weighted by Gasteiger charge is -2.42. The average molecular weight is 364 g/mol. The molecule has 0 bridgehead atoms. The zero-order valence-electron chi connectivity index (χ0n) is 14.4. The first-order valence-corrected chi connectivity index (χ1v) is 8.91. The van der Waals surface area contributed by atoms with E-state index in [1.165, 1.54) is 0 Å². The first-order chi connectivity index (χ1) is 12.6. The largest absolute Gasteiger partial charge is 0.367 e. The maximum atomic E-state index is 9.64. The predicted octanol–water partition coefficient (Wildman–Crippen LogP) is 4.51. The normalized spacial score (nSPS) is 20.1. The lowest BCUT2D eigenvalue weighted by Crippen LogP contribution is -2.48. The van der Waals surface area contributed by atoms with Gasteiger partial charge in [0.25, 0.3) is 0 Å². The molecule has 0 spiro atoms. The van der Waals surface area contributed by atoms with Crippen LogP contribution in [0, 0.1) is 11.3 Å². The Morgan fingerprint density at radius 2 is 2.04 bits per heavy atom. The van der Waals surface area contributed by atoms with Gasteiger partial charge in [0.2, 0.25) is 0 Å². The molecule has 5 heteroatoms. The highest BCUT2D eigenvalue weighted by Crippen LogP contribution is 2.36. The van der Waals surface area contributed by atoms with E-state index in [1.54, 1.807) is 6.20 Å². The Balaban J connectivity index is 1.82. The van der Waals surface area contributed by atoms with Crippen molar-refractivity contribution in [2.45, 2.75) is 12.5 Å². The molecule has 3 aromatic rings. The van der Waals surface area contributed by atoms with E-state index in [-0.39, 0.29) is 0 Å². The third-order valence-corrected chi connectivity index (χ3v) is 5.13. The van der Waals surface area contributed by atoms with Crippen LogP contribution in [0.2, 0.25) is 5.02 Å². The van der Waals surface area contributed by atoms with Crippen molar-refractivity contribution >= 4 is 28.2 Å². The lowest BCUT2D eigenvalue weighted by molar-refractivity contribution is -0.0465. The van der Waals surface area contributed by atoms with E-state index in [1.807, 2.05) is 36.4 Å². The van der Waals surface area contributed by atoms with Crippen molar-refractivity contribution in [3.8, 4) is 6.07 Å². The highest BCUT2D eigenvalue weighted by Gasteiger charge is 2.35. The van der Waals surface area contributed by atoms with Crippen LogP contribution in [0.4, 0.5) is 5.69 Å². The van der Waals surface area contributed by atoms with Crippen LogP contribution in [0.3, 0.4) is 0 Å². The molecule has 1 aromatic heterocycles. The second kappa shape index (κ2) is 6.60. The summed E-state index contributed by atoms with van der Waals surface area (Å²) in [6, 6.07) is 18.1. The van der Waals surface area contributed by atoms with Gasteiger partial charge in [0.05, 0.1) is 29.9 Å². The van der Waals surface area contributed by atoms with Gasteiger partial charge in [-0.2, -0.15) is 5.26 Å². The highest BCUT2D eigenvalue weighted by atomic mass is 35.5. The molecule has 1 aliphatic heterocycles. The number of rotatable bonds is 2. The minimum Gasteiger partial charge on any atom is -0.367 e. The Labute approximate surface area is 157 Å². The number of nitrogens with zero attached hydrogens (tertiary/aromatic N) is 3. The molecule has 2 heterocycles. The van der Waals surface area contributed by atoms with E-state index in [2.05, 4.69) is 35.0 Å². The molecule has 0 saturated carbocycles. The van der Waals surface area contributed by atoms with Crippen molar-refractivity contribution in [1.29, 1.82) is 5.26 Å². The summed E-state index contributed by atoms with van der Waals surface area (Å²) in [6.07, 6.45) is 1.64. The molecule has 0 amide bonds. The van der Waals surface area contributed by atoms with Crippen LogP contribution in [0.5, 0.6) is 0 Å². The number of halogens is 1. The van der Waals surface area contributed by atoms with Gasteiger partial charge in [-0.3, -0.25) is 4.98 Å². The van der Waals surface area contributed by atoms with Gasteiger partial charge >= 0.3 is 0 Å². The lowest BCUT2D eigenvalue weighted by atomic mass is 9.93. The van der Waals surface area contributed by atoms with Crippen LogP contribution in [-0.4, -0.2) is 24.7 Å². The number of ether oxygens (including phenoxy) is 1. The topological polar surface area (TPSA) is 49.2 Å². The highest BCUT2D eigenvalue weighted by molar-refractivity contribution is 6.31. The molecule has 1 aliphatic rings. The molecular formula is C21H18ClN3O. The summed E-state index contributed by atoms with van der Waals surface area (Å²) in [7, 11) is 0. The van der Waals surface area contributed by atoms with E-state index in [9.17, 15) is 5.26 Å². The van der Waals surface area contributed by atoms with Gasteiger partial charge in [-0.15, -0.1) is 0 Å². The fourth-order valence-corrected chi connectivity index (χ4v) is 3.77. The smallest absolute Gasteiger partial charge is 0.108 e. The minimum atomic E-state index is -0.444. The maximum absolute atomic E-state index is 9.64. The van der Waals surface area contributed by atoms with Gasteiger partial charge in [-0.05, 0) is 30.7 Å². The van der Waals surface area contributed by atoms with E-state index in [4.69, 9.17) is 16.3 Å². The molecular weight excluding hydrogens is 346 g/mol. The number of benzene rings is 2. The third-order valence-electron chi connectivity index (χ3n) is 4.90. The first-order valence-electron chi connectivity index (χ1n) is 8.53. The number of morpholine rings is 1. The van der Waals surface area contributed by atoms with E-state index >= 15 is 0 Å². The van der Waals surface area contributed by atoms with Crippen LogP contribution in [0.15, 0.2) is 54.7 Å². The molecule has 26 heavy (non-hydrogen) atoms. The van der Waals surface area contributed by atoms with Gasteiger partial charge in [0.15, 0.2) is 0 Å². The molecule has 1 fully saturated rings. The van der Waals surface area contributed by atoms with Crippen molar-refractivity contribution in [2.24, 2.45) is 0 Å². The molecule has 1 saturated heterocycles. The van der Waals surface area contributed by atoms with E-state index < -0.39 is 5.60 Å². The van der Waals surface area contributed by atoms with Crippen LogP contribution in [-0.2, 0) is 10.3 Å². The van der Waals surface area contributed by atoms with Gasteiger partial charge < -0.3 is 9.64 Å². The number of anilines is 1. The fourth-order valence-electron chi connectivity index (χ4n) is 3.60. The summed E-state index contributed by atoms with van der Waals surface area (Å²) in [5.41, 5.74) is 2.94. The molecule has 4 rings (SSSR count). The van der Waals surface area contributed by atoms with E-state index in [0.29, 0.717) is 30.3 Å². The zero-order chi connectivity index (χ0) is 18.1. The Bertz CT molecular complexity index is 999. The number of hydrogen-bond acceptors (Lipinski definition) is 4. The molecule has 0 aliphatic carbocycles. The quantitative estimate of drug-likeness (QED) is 0.672. The van der Waals surface area contributed by atoms with Crippen molar-refractivity contribution in [3.63, 3.8) is 0 Å². The summed E-state index contributed by atoms with van der Waals surface area (Å²) in [5, 5.41) is 11.2. The summed E-state index contributed by atoms with van der Waals surface area (Å²) < 4.78 is 6.15. The average Bonchev–Trinajstić information content (AvgIpc) is 2.67. The molecule has 1 unspecified atom stereocenters. The van der Waals surface area contributed by atoms with Gasteiger partial charge in [-0.25, -0.2) is 0 Å². The van der Waals surface area contributed by atoms with Crippen molar-refractivity contribution < 1.29 is 4.74 Å². The summed E-state index contributed by atoms with van der Waals surface area (Å²) >= 11 is 6.22. The second-order valence-corrected chi connectivity index (χ2v) is 7.10. The van der Waals surface area contributed by atoms with Gasteiger partial charge in [-0.1, -0.05) is 41.9 Å². The Hall–Kier alpha value is -2.61. The predicted molar refractivity (Wildman–Crippen MR) is 103 cm³/mol. The molecule has 0 radical (unpaired) electrons. The Morgan fingerprint density at radius 3 is 2.81 bits per heavy atom. The molecule has 2 aromatic carbocycles. The van der Waals surface area contributed by atoms with Crippen LogP contribution in [0.25, 0.3) is 10.9 Å². The molecule has 130 valence electrons. The SMILES string of the molecule is CC1(c2ccccc2)CN(c2c(C#N)cnc3ccc(Cl)cc23)CCO1. The molecule has 0 N–H and O–H groups in total. The summed E-state index contributed by atoms with van der Waals surface area (Å²) in [6.45, 7) is 4.04. The number of hydrogen-bond donors (Lipinski definition) is 0. The third kappa shape index (κ3) is 2.90. The summed E-state index contributed by atoms with van der Waals surface area (Å²) in [4.78, 5) is 6.62. The number of pyridine rings is 1. The standard InChI is InChI=1S/C21H18ClN3O/c1-21(16-5-3-2-4-6-16)14-25(9-10-26-21)20-15(12-23)13-24-19-8-7-17(22)11-18(19)20/h2-8,11,13H,9-10,14H2,1H3. The van der Waals surface area contributed by atoms with Crippen LogP contribution < -0.4 is 4.90 Å². The Morgan fingerprint density at radius 1 is 1.23 bits per heavy atom. The van der Waals surface area contributed by atoms with Gasteiger partial charge in [0, 0.05) is 23.2 Å². The second-order valence-electron chi connectivity index (χ2n) is 6.66. The number of aromatic nitrogens is 1. The fraction of sp³-hybridized carbons (Fsp3) is 0.238. The minimum absolute atomic E-state index is 0.444. The van der Waals surface area contributed by atoms with Crippen molar-refractivity contribution in [2.75, 3.05) is 24.6 Å². The van der Waals surface area contributed by atoms with Crippen molar-refractivity contribution in [1.82, 2.24) is 4.98 Å². The Kier molecular flexibility index (Phi) is 4.28. The summed E-state index contributed by atoms with van der Waals surface area (Å²) in [5.74, 6) is 0.